The van der Waals surface area contributed by atoms with Gasteiger partial charge in [0, 0.05) is 18.0 Å². The summed E-state index contributed by atoms with van der Waals surface area (Å²) < 4.78 is 50.0. The zero-order chi connectivity index (χ0) is 23.6. The average Bonchev–Trinajstić information content (AvgIpc) is 2.82. The number of rotatable bonds is 6. The minimum atomic E-state index is -4.40. The highest BCUT2D eigenvalue weighted by Crippen LogP contribution is 2.28. The number of benzene rings is 2. The summed E-state index contributed by atoms with van der Waals surface area (Å²) in [6, 6.07) is 15.3. The van der Waals surface area contributed by atoms with Crippen LogP contribution in [-0.4, -0.2) is 36.3 Å². The van der Waals surface area contributed by atoms with Crippen LogP contribution in [0.3, 0.4) is 0 Å². The van der Waals surface area contributed by atoms with E-state index in [1.807, 2.05) is 0 Å². The Morgan fingerprint density at radius 1 is 0.909 bits per heavy atom. The van der Waals surface area contributed by atoms with E-state index in [9.17, 15) is 18.0 Å². The molecule has 0 atom stereocenters. The molecule has 0 amide bonds. The number of fused-ring (bicyclic) bond motifs is 1. The molecule has 2 aromatic heterocycles. The largest absolute Gasteiger partial charge is 0.497 e. The van der Waals surface area contributed by atoms with E-state index in [1.165, 1.54) is 13.2 Å². The molecule has 0 spiro atoms. The lowest BCUT2D eigenvalue weighted by molar-refractivity contribution is -0.115. The summed E-state index contributed by atoms with van der Waals surface area (Å²) in [5.41, 5.74) is 1.85. The van der Waals surface area contributed by atoms with E-state index in [0.29, 0.717) is 28.2 Å². The second-order valence-electron chi connectivity index (χ2n) is 7.22. The molecule has 0 aliphatic rings. The van der Waals surface area contributed by atoms with Gasteiger partial charge in [-0.15, -0.1) is 0 Å². The average molecular weight is 455 g/mol. The van der Waals surface area contributed by atoms with Crippen molar-refractivity contribution in [2.24, 2.45) is 0 Å². The molecule has 0 bridgehead atoms. The Morgan fingerprint density at radius 3 is 2.03 bits per heavy atom. The van der Waals surface area contributed by atoms with Gasteiger partial charge in [-0.1, -0.05) is 24.3 Å². The third-order valence-corrected chi connectivity index (χ3v) is 5.08. The molecule has 4 rings (SSSR count). The summed E-state index contributed by atoms with van der Waals surface area (Å²) in [4.78, 5) is 17.9. The van der Waals surface area contributed by atoms with E-state index < -0.39 is 12.7 Å². The fourth-order valence-electron chi connectivity index (χ4n) is 3.44. The Labute approximate surface area is 187 Å². The number of methoxy groups -OCH3 is 2. The van der Waals surface area contributed by atoms with Crippen molar-refractivity contribution in [2.45, 2.75) is 6.18 Å². The number of hydrogen-bond acceptors (Lipinski definition) is 5. The highest BCUT2D eigenvalue weighted by Gasteiger charge is 2.27. The Kier molecular flexibility index (Phi) is 5.95. The van der Waals surface area contributed by atoms with Crippen molar-refractivity contribution in [1.29, 1.82) is 0 Å². The molecule has 0 saturated heterocycles. The van der Waals surface area contributed by atoms with E-state index in [0.717, 1.165) is 0 Å². The maximum atomic E-state index is 13.6. The maximum Gasteiger partial charge on any atom is 0.405 e. The highest BCUT2D eigenvalue weighted by atomic mass is 19.4. The van der Waals surface area contributed by atoms with Gasteiger partial charge in [-0.2, -0.15) is 13.2 Å². The molecule has 0 unspecified atom stereocenters. The first-order chi connectivity index (χ1) is 15.8. The Balaban J connectivity index is 1.92. The topological polar surface area (TPSA) is 64.9 Å². The standard InChI is InChI=1S/C24H20F3N3O3/c1-32-17-7-3-15(4-8-17)19-13-30-12-11-20(28-14-24(25,26)27)29-23(30)21(22(19)31)16-5-9-18(33-2)10-6-16/h3-13H,14H2,1-2H3,(H,28,29). The molecule has 0 fully saturated rings. The van der Waals surface area contributed by atoms with Crippen LogP contribution in [0, 0.1) is 0 Å². The van der Waals surface area contributed by atoms with Crippen molar-refractivity contribution < 1.29 is 22.6 Å². The van der Waals surface area contributed by atoms with Gasteiger partial charge >= 0.3 is 6.18 Å². The molecular formula is C24H20F3N3O3. The first-order valence-corrected chi connectivity index (χ1v) is 9.94. The third-order valence-electron chi connectivity index (χ3n) is 5.08. The van der Waals surface area contributed by atoms with Crippen LogP contribution in [0.2, 0.25) is 0 Å². The fourth-order valence-corrected chi connectivity index (χ4v) is 3.44. The number of hydrogen-bond donors (Lipinski definition) is 1. The molecular weight excluding hydrogens is 435 g/mol. The Bertz CT molecular complexity index is 1330. The lowest BCUT2D eigenvalue weighted by Crippen LogP contribution is -2.22. The predicted octanol–water partition coefficient (Wildman–Crippen LogP) is 5.02. The third kappa shape index (κ3) is 4.77. The number of halogens is 3. The second-order valence-corrected chi connectivity index (χ2v) is 7.22. The Hall–Kier alpha value is -4.01. The predicted molar refractivity (Wildman–Crippen MR) is 120 cm³/mol. The molecule has 4 aromatic rings. The SMILES string of the molecule is COc1ccc(-c2cn3ccc(NCC(F)(F)F)nc3c(-c3ccc(OC)cc3)c2=O)cc1. The van der Waals surface area contributed by atoms with E-state index in [4.69, 9.17) is 9.47 Å². The molecule has 33 heavy (non-hydrogen) atoms. The van der Waals surface area contributed by atoms with Gasteiger partial charge in [0.05, 0.1) is 19.8 Å². The van der Waals surface area contributed by atoms with Crippen LogP contribution in [0.4, 0.5) is 19.0 Å². The summed E-state index contributed by atoms with van der Waals surface area (Å²) in [5, 5.41) is 2.27. The van der Waals surface area contributed by atoms with Gasteiger partial charge in [0.2, 0.25) is 0 Å². The summed E-state index contributed by atoms with van der Waals surface area (Å²) in [6.07, 6.45) is -1.21. The first-order valence-electron chi connectivity index (χ1n) is 9.94. The van der Waals surface area contributed by atoms with E-state index in [-0.39, 0.29) is 22.5 Å². The van der Waals surface area contributed by atoms with Gasteiger partial charge in [-0.25, -0.2) is 4.98 Å². The minimum Gasteiger partial charge on any atom is -0.497 e. The van der Waals surface area contributed by atoms with E-state index in [1.54, 1.807) is 72.4 Å². The van der Waals surface area contributed by atoms with Crippen molar-refractivity contribution in [3.05, 3.63) is 77.2 Å². The lowest BCUT2D eigenvalue weighted by atomic mass is 10.00. The molecule has 6 nitrogen and oxygen atoms in total. The van der Waals surface area contributed by atoms with Crippen molar-refractivity contribution in [3.63, 3.8) is 0 Å². The van der Waals surface area contributed by atoms with Crippen LogP contribution >= 0.6 is 0 Å². The number of nitrogens with one attached hydrogen (secondary N) is 1. The molecule has 0 aliphatic carbocycles. The maximum absolute atomic E-state index is 13.6. The van der Waals surface area contributed by atoms with Crippen LogP contribution in [0.15, 0.2) is 71.8 Å². The number of anilines is 1. The minimum absolute atomic E-state index is 0.0127. The lowest BCUT2D eigenvalue weighted by Gasteiger charge is -2.14. The van der Waals surface area contributed by atoms with Crippen molar-refractivity contribution >= 4 is 11.5 Å². The molecule has 0 aliphatic heterocycles. The summed E-state index contributed by atoms with van der Waals surface area (Å²) in [6.45, 7) is -1.23. The van der Waals surface area contributed by atoms with Crippen LogP contribution in [0.1, 0.15) is 0 Å². The summed E-state index contributed by atoms with van der Waals surface area (Å²) >= 11 is 0. The first kappa shape index (κ1) is 22.2. The van der Waals surface area contributed by atoms with E-state index >= 15 is 0 Å². The summed E-state index contributed by atoms with van der Waals surface area (Å²) in [7, 11) is 3.08. The van der Waals surface area contributed by atoms with Gasteiger partial charge in [-0.3, -0.25) is 4.79 Å². The van der Waals surface area contributed by atoms with Gasteiger partial charge in [-0.05, 0) is 41.5 Å². The summed E-state index contributed by atoms with van der Waals surface area (Å²) in [5.74, 6) is 1.27. The molecule has 9 heteroatoms. The second kappa shape index (κ2) is 8.85. The number of aromatic nitrogens is 2. The molecule has 2 aromatic carbocycles. The molecule has 0 radical (unpaired) electrons. The van der Waals surface area contributed by atoms with Crippen LogP contribution < -0.4 is 20.2 Å². The van der Waals surface area contributed by atoms with Crippen molar-refractivity contribution in [2.75, 3.05) is 26.1 Å². The molecule has 0 saturated carbocycles. The van der Waals surface area contributed by atoms with Crippen LogP contribution in [0.5, 0.6) is 11.5 Å². The number of ether oxygens (including phenoxy) is 2. The van der Waals surface area contributed by atoms with E-state index in [2.05, 4.69) is 10.3 Å². The van der Waals surface area contributed by atoms with Crippen molar-refractivity contribution in [1.82, 2.24) is 9.38 Å². The van der Waals surface area contributed by atoms with Crippen LogP contribution in [-0.2, 0) is 0 Å². The normalized spacial score (nSPS) is 11.4. The van der Waals surface area contributed by atoms with Crippen LogP contribution in [0.25, 0.3) is 27.9 Å². The molecule has 2 heterocycles. The van der Waals surface area contributed by atoms with Gasteiger partial charge in [0.15, 0.2) is 11.1 Å². The quantitative estimate of drug-likeness (QED) is 0.442. The molecule has 1 N–H and O–H groups in total. The fraction of sp³-hybridized carbons (Fsp3) is 0.167. The zero-order valence-corrected chi connectivity index (χ0v) is 17.8. The smallest absolute Gasteiger partial charge is 0.405 e. The van der Waals surface area contributed by atoms with Gasteiger partial charge < -0.3 is 19.2 Å². The van der Waals surface area contributed by atoms with Gasteiger partial charge in [0.25, 0.3) is 0 Å². The number of pyridine rings is 1. The number of alkyl halides is 3. The highest BCUT2D eigenvalue weighted by molar-refractivity contribution is 5.83. The van der Waals surface area contributed by atoms with Crippen molar-refractivity contribution in [3.8, 4) is 33.8 Å². The Morgan fingerprint density at radius 2 is 1.48 bits per heavy atom. The number of nitrogens with zero attached hydrogens (tertiary/aromatic N) is 2. The molecule has 170 valence electrons. The zero-order valence-electron chi connectivity index (χ0n) is 17.8. The monoisotopic (exact) mass is 455 g/mol. The van der Waals surface area contributed by atoms with Gasteiger partial charge in [0.1, 0.15) is 23.9 Å².